The van der Waals surface area contributed by atoms with Crippen molar-refractivity contribution < 1.29 is 13.2 Å². The maximum absolute atomic E-state index is 11.6. The number of aromatic nitrogens is 2. The van der Waals surface area contributed by atoms with E-state index in [2.05, 4.69) is 5.10 Å². The third-order valence-corrected chi connectivity index (χ3v) is 3.39. The average molecular weight is 314 g/mol. The highest BCUT2D eigenvalue weighted by Gasteiger charge is 2.13. The van der Waals surface area contributed by atoms with E-state index in [4.69, 9.17) is 11.6 Å². The van der Waals surface area contributed by atoms with E-state index in [1.165, 1.54) is 17.1 Å². The van der Waals surface area contributed by atoms with Gasteiger partial charge < -0.3 is 0 Å². The molecule has 0 atom stereocenters. The van der Waals surface area contributed by atoms with Crippen LogP contribution in [0.5, 0.6) is 0 Å². The highest BCUT2D eigenvalue weighted by Crippen LogP contribution is 2.16. The Morgan fingerprint density at radius 3 is 2.75 bits per heavy atom. The fourth-order valence-electron chi connectivity index (χ4n) is 1.60. The van der Waals surface area contributed by atoms with Crippen molar-refractivity contribution in [2.24, 2.45) is 0 Å². The van der Waals surface area contributed by atoms with E-state index in [1.54, 1.807) is 6.07 Å². The van der Waals surface area contributed by atoms with Crippen LogP contribution in [0, 0.1) is 0 Å². The SMILES string of the molecule is CS(=O)(=O)NC(=O)c1cnn(Cc2ccccc2Cl)c1. The van der Waals surface area contributed by atoms with Crippen molar-refractivity contribution in [3.05, 3.63) is 52.8 Å². The Bertz CT molecular complexity index is 740. The van der Waals surface area contributed by atoms with Crippen molar-refractivity contribution in [2.75, 3.05) is 6.26 Å². The average Bonchev–Trinajstić information content (AvgIpc) is 2.79. The van der Waals surface area contributed by atoms with Crippen molar-refractivity contribution in [3.8, 4) is 0 Å². The topological polar surface area (TPSA) is 81.1 Å². The third-order valence-electron chi connectivity index (χ3n) is 2.46. The van der Waals surface area contributed by atoms with Crippen LogP contribution in [-0.4, -0.2) is 30.4 Å². The maximum atomic E-state index is 11.6. The Morgan fingerprint density at radius 1 is 1.40 bits per heavy atom. The molecule has 2 rings (SSSR count). The minimum Gasteiger partial charge on any atom is -0.268 e. The molecule has 0 bridgehead atoms. The van der Waals surface area contributed by atoms with Crippen LogP contribution in [-0.2, 0) is 16.6 Å². The molecule has 1 aromatic heterocycles. The second kappa shape index (κ2) is 5.64. The Kier molecular flexibility index (Phi) is 4.10. The first-order chi connectivity index (χ1) is 9.35. The molecule has 1 amide bonds. The molecule has 20 heavy (non-hydrogen) atoms. The summed E-state index contributed by atoms with van der Waals surface area (Å²) in [6, 6.07) is 7.28. The van der Waals surface area contributed by atoms with E-state index in [0.29, 0.717) is 11.6 Å². The molecule has 6 nitrogen and oxygen atoms in total. The zero-order valence-corrected chi connectivity index (χ0v) is 12.1. The lowest BCUT2D eigenvalue weighted by Gasteiger charge is -2.03. The first-order valence-corrected chi connectivity index (χ1v) is 7.90. The normalized spacial score (nSPS) is 11.3. The van der Waals surface area contributed by atoms with Gasteiger partial charge in [0.2, 0.25) is 10.0 Å². The van der Waals surface area contributed by atoms with E-state index >= 15 is 0 Å². The van der Waals surface area contributed by atoms with Crippen LogP contribution in [0.25, 0.3) is 0 Å². The molecule has 0 spiro atoms. The van der Waals surface area contributed by atoms with Gasteiger partial charge in [-0.1, -0.05) is 29.8 Å². The van der Waals surface area contributed by atoms with Gasteiger partial charge in [0, 0.05) is 11.2 Å². The Morgan fingerprint density at radius 2 is 2.10 bits per heavy atom. The quantitative estimate of drug-likeness (QED) is 0.921. The summed E-state index contributed by atoms with van der Waals surface area (Å²) < 4.78 is 25.4. The molecule has 0 unspecified atom stereocenters. The standard InChI is InChI=1S/C12H12ClN3O3S/c1-20(18,19)15-12(17)10-6-14-16(8-10)7-9-4-2-3-5-11(9)13/h2-6,8H,7H2,1H3,(H,15,17). The summed E-state index contributed by atoms with van der Waals surface area (Å²) in [6.07, 6.45) is 3.68. The largest absolute Gasteiger partial charge is 0.268 e. The van der Waals surface area contributed by atoms with E-state index in [0.717, 1.165) is 11.8 Å². The predicted octanol–water partition coefficient (Wildman–Crippen LogP) is 1.27. The summed E-state index contributed by atoms with van der Waals surface area (Å²) in [4.78, 5) is 11.6. The second-order valence-corrected chi connectivity index (χ2v) is 6.38. The molecule has 8 heteroatoms. The molecule has 1 N–H and O–H groups in total. The number of hydrogen-bond donors (Lipinski definition) is 1. The van der Waals surface area contributed by atoms with Crippen LogP contribution in [0.2, 0.25) is 5.02 Å². The Labute approximate surface area is 121 Å². The Balaban J connectivity index is 2.14. The van der Waals surface area contributed by atoms with E-state index < -0.39 is 15.9 Å². The third kappa shape index (κ3) is 3.82. The lowest BCUT2D eigenvalue weighted by molar-refractivity contribution is 0.0981. The molecule has 2 aromatic rings. The van der Waals surface area contributed by atoms with E-state index in [9.17, 15) is 13.2 Å². The van der Waals surface area contributed by atoms with Crippen LogP contribution in [0.3, 0.4) is 0 Å². The van der Waals surface area contributed by atoms with Gasteiger partial charge >= 0.3 is 0 Å². The summed E-state index contributed by atoms with van der Waals surface area (Å²) in [5.41, 5.74) is 1.02. The van der Waals surface area contributed by atoms with Crippen molar-refractivity contribution in [1.29, 1.82) is 0 Å². The van der Waals surface area contributed by atoms with Gasteiger partial charge in [-0.15, -0.1) is 0 Å². The van der Waals surface area contributed by atoms with Crippen LogP contribution in [0.15, 0.2) is 36.7 Å². The monoisotopic (exact) mass is 313 g/mol. The molecular weight excluding hydrogens is 302 g/mol. The number of carbonyl (C=O) groups excluding carboxylic acids is 1. The molecular formula is C12H12ClN3O3S. The molecule has 0 aliphatic heterocycles. The molecule has 0 saturated carbocycles. The molecule has 0 aliphatic rings. The van der Waals surface area contributed by atoms with Crippen molar-refractivity contribution in [3.63, 3.8) is 0 Å². The van der Waals surface area contributed by atoms with Crippen molar-refractivity contribution >= 4 is 27.5 Å². The molecule has 1 aromatic carbocycles. The number of halogens is 1. The number of sulfonamides is 1. The lowest BCUT2D eigenvalue weighted by atomic mass is 10.2. The second-order valence-electron chi connectivity index (χ2n) is 4.22. The van der Waals surface area contributed by atoms with Crippen LogP contribution < -0.4 is 4.72 Å². The number of hydrogen-bond acceptors (Lipinski definition) is 4. The number of benzene rings is 1. The van der Waals surface area contributed by atoms with Gasteiger partial charge in [0.25, 0.3) is 5.91 Å². The first kappa shape index (κ1) is 14.5. The smallest absolute Gasteiger partial charge is 0.267 e. The van der Waals surface area contributed by atoms with Gasteiger partial charge in [0.15, 0.2) is 0 Å². The number of rotatable bonds is 4. The van der Waals surface area contributed by atoms with Crippen molar-refractivity contribution in [1.82, 2.24) is 14.5 Å². The maximum Gasteiger partial charge on any atom is 0.267 e. The number of carbonyl (C=O) groups is 1. The molecule has 106 valence electrons. The van der Waals surface area contributed by atoms with E-state index in [-0.39, 0.29) is 5.56 Å². The number of amides is 1. The summed E-state index contributed by atoms with van der Waals surface area (Å²) in [5, 5.41) is 4.61. The minimum atomic E-state index is -3.59. The van der Waals surface area contributed by atoms with E-state index in [1.807, 2.05) is 22.9 Å². The Hall–Kier alpha value is -1.86. The fraction of sp³-hybridized carbons (Fsp3) is 0.167. The first-order valence-electron chi connectivity index (χ1n) is 5.63. The van der Waals surface area contributed by atoms with Gasteiger partial charge in [-0.2, -0.15) is 5.10 Å². The summed E-state index contributed by atoms with van der Waals surface area (Å²) in [6.45, 7) is 0.395. The van der Waals surface area contributed by atoms with Gasteiger partial charge in [-0.3, -0.25) is 9.48 Å². The summed E-state index contributed by atoms with van der Waals surface area (Å²) in [7, 11) is -3.59. The summed E-state index contributed by atoms with van der Waals surface area (Å²) >= 11 is 6.03. The zero-order valence-electron chi connectivity index (χ0n) is 10.6. The van der Waals surface area contributed by atoms with Gasteiger partial charge in [0.1, 0.15) is 0 Å². The number of nitrogens with one attached hydrogen (secondary N) is 1. The van der Waals surface area contributed by atoms with Crippen LogP contribution >= 0.6 is 11.6 Å². The molecule has 0 fully saturated rings. The van der Waals surface area contributed by atoms with Gasteiger partial charge in [0.05, 0.1) is 24.6 Å². The number of nitrogens with zero attached hydrogens (tertiary/aromatic N) is 2. The predicted molar refractivity (Wildman–Crippen MR) is 75.1 cm³/mol. The minimum absolute atomic E-state index is 0.169. The van der Waals surface area contributed by atoms with Gasteiger partial charge in [-0.25, -0.2) is 13.1 Å². The molecule has 0 aliphatic carbocycles. The zero-order chi connectivity index (χ0) is 14.8. The molecule has 0 radical (unpaired) electrons. The van der Waals surface area contributed by atoms with Crippen molar-refractivity contribution in [2.45, 2.75) is 6.54 Å². The highest BCUT2D eigenvalue weighted by atomic mass is 35.5. The molecule has 0 saturated heterocycles. The lowest BCUT2D eigenvalue weighted by Crippen LogP contribution is -2.29. The fourth-order valence-corrected chi connectivity index (χ4v) is 2.25. The summed E-state index contributed by atoms with van der Waals surface area (Å²) in [5.74, 6) is -0.710. The van der Waals surface area contributed by atoms with Crippen LogP contribution in [0.4, 0.5) is 0 Å². The highest BCUT2D eigenvalue weighted by molar-refractivity contribution is 7.89. The molecule has 1 heterocycles. The van der Waals surface area contributed by atoms with Crippen LogP contribution in [0.1, 0.15) is 15.9 Å². The van der Waals surface area contributed by atoms with Gasteiger partial charge in [-0.05, 0) is 11.6 Å².